The van der Waals surface area contributed by atoms with Crippen molar-refractivity contribution in [3.05, 3.63) is 90.5 Å². The van der Waals surface area contributed by atoms with Crippen molar-refractivity contribution in [3.63, 3.8) is 0 Å². The summed E-state index contributed by atoms with van der Waals surface area (Å²) < 4.78 is 6.50. The Kier molecular flexibility index (Phi) is 6.28. The molecule has 3 nitrogen and oxygen atoms in total. The Morgan fingerprint density at radius 1 is 0.778 bits per heavy atom. The fourth-order valence-electron chi connectivity index (χ4n) is 3.33. The van der Waals surface area contributed by atoms with Gasteiger partial charge in [0.15, 0.2) is 0 Å². The van der Waals surface area contributed by atoms with E-state index in [9.17, 15) is 5.11 Å². The van der Waals surface area contributed by atoms with E-state index in [0.717, 1.165) is 17.9 Å². The average Bonchev–Trinajstić information content (AvgIpc) is 2.67. The van der Waals surface area contributed by atoms with Gasteiger partial charge < -0.3 is 14.3 Å². The maximum Gasteiger partial charge on any atom is 0.137 e. The van der Waals surface area contributed by atoms with Crippen LogP contribution in [0, 0.1) is 0 Å². The highest BCUT2D eigenvalue weighted by molar-refractivity contribution is 5.63. The van der Waals surface area contributed by atoms with Gasteiger partial charge in [0.25, 0.3) is 0 Å². The van der Waals surface area contributed by atoms with E-state index in [-0.39, 0.29) is 0 Å². The van der Waals surface area contributed by atoms with Gasteiger partial charge in [-0.25, -0.2) is 0 Å². The van der Waals surface area contributed by atoms with Gasteiger partial charge in [-0.05, 0) is 23.3 Å². The molecule has 3 rings (SSSR count). The predicted molar refractivity (Wildman–Crippen MR) is 111 cm³/mol. The monoisotopic (exact) mass is 362 g/mol. The summed E-state index contributed by atoms with van der Waals surface area (Å²) in [4.78, 5) is 0. The van der Waals surface area contributed by atoms with Crippen LogP contribution in [0.15, 0.2) is 84.9 Å². The van der Waals surface area contributed by atoms with E-state index in [4.69, 9.17) is 4.74 Å². The van der Waals surface area contributed by atoms with E-state index in [2.05, 4.69) is 38.4 Å². The first-order valence-electron chi connectivity index (χ1n) is 9.34. The lowest BCUT2D eigenvalue weighted by Crippen LogP contribution is -2.46. The largest absolute Gasteiger partial charge is 0.491 e. The van der Waals surface area contributed by atoms with E-state index in [0.29, 0.717) is 17.6 Å². The van der Waals surface area contributed by atoms with Crippen molar-refractivity contribution in [1.82, 2.24) is 0 Å². The minimum Gasteiger partial charge on any atom is -0.491 e. The molecule has 1 atom stereocenters. The number of aliphatic hydroxyl groups is 1. The lowest BCUT2D eigenvalue weighted by Gasteiger charge is -2.32. The maximum atomic E-state index is 10.4. The summed E-state index contributed by atoms with van der Waals surface area (Å²) >= 11 is 0. The summed E-state index contributed by atoms with van der Waals surface area (Å²) in [6, 6.07) is 28.6. The highest BCUT2D eigenvalue weighted by Gasteiger charge is 2.21. The summed E-state index contributed by atoms with van der Waals surface area (Å²) in [5.74, 6) is 0.780. The molecule has 3 aromatic carbocycles. The number of likely N-dealkylation sites (N-methyl/N-ethyl adjacent to an activating group) is 1. The van der Waals surface area contributed by atoms with Crippen LogP contribution in [0.25, 0.3) is 11.1 Å². The second kappa shape index (κ2) is 8.85. The Balaban J connectivity index is 1.50. The second-order valence-corrected chi connectivity index (χ2v) is 7.62. The van der Waals surface area contributed by atoms with Gasteiger partial charge in [-0.3, -0.25) is 0 Å². The molecule has 3 aromatic rings. The first kappa shape index (κ1) is 19.2. The Morgan fingerprint density at radius 3 is 1.96 bits per heavy atom. The zero-order chi connectivity index (χ0) is 19.1. The molecular formula is C24H28NO2+. The summed E-state index contributed by atoms with van der Waals surface area (Å²) in [6.45, 7) is 1.81. The van der Waals surface area contributed by atoms with Crippen LogP contribution in [0.2, 0.25) is 0 Å². The first-order chi connectivity index (χ1) is 13.0. The van der Waals surface area contributed by atoms with Crippen molar-refractivity contribution in [1.29, 1.82) is 0 Å². The molecule has 0 aliphatic rings. The number of ether oxygens (including phenoxy) is 1. The summed E-state index contributed by atoms with van der Waals surface area (Å²) in [7, 11) is 4.26. The SMILES string of the molecule is C[N+](C)(Cc1ccccc1)C[C@@H](O)COc1ccc(-c2ccccc2)cc1. The second-order valence-electron chi connectivity index (χ2n) is 7.62. The van der Waals surface area contributed by atoms with Crippen molar-refractivity contribution in [2.24, 2.45) is 0 Å². The van der Waals surface area contributed by atoms with Gasteiger partial charge in [-0.1, -0.05) is 72.8 Å². The molecule has 0 amide bonds. The molecule has 0 saturated carbocycles. The topological polar surface area (TPSA) is 29.5 Å². The Labute approximate surface area is 162 Å². The number of hydrogen-bond donors (Lipinski definition) is 1. The highest BCUT2D eigenvalue weighted by Crippen LogP contribution is 2.22. The predicted octanol–water partition coefficient (Wildman–Crippen LogP) is 4.37. The van der Waals surface area contributed by atoms with E-state index < -0.39 is 6.10 Å². The number of quaternary nitrogens is 1. The number of rotatable bonds is 8. The minimum absolute atomic E-state index is 0.293. The zero-order valence-corrected chi connectivity index (χ0v) is 16.1. The van der Waals surface area contributed by atoms with Crippen molar-refractivity contribution in [2.75, 3.05) is 27.2 Å². The molecule has 27 heavy (non-hydrogen) atoms. The average molecular weight is 362 g/mol. The minimum atomic E-state index is -0.516. The van der Waals surface area contributed by atoms with Gasteiger partial charge in [0.1, 0.15) is 31.5 Å². The molecule has 0 spiro atoms. The van der Waals surface area contributed by atoms with Crippen LogP contribution in [0.1, 0.15) is 5.56 Å². The van der Waals surface area contributed by atoms with E-state index in [1.54, 1.807) is 0 Å². The molecule has 0 aliphatic heterocycles. The van der Waals surface area contributed by atoms with Crippen LogP contribution in [0.4, 0.5) is 0 Å². The molecule has 140 valence electrons. The number of benzene rings is 3. The fraction of sp³-hybridized carbons (Fsp3) is 0.250. The van der Waals surface area contributed by atoms with Gasteiger partial charge in [0.05, 0.1) is 14.1 Å². The highest BCUT2D eigenvalue weighted by atomic mass is 16.5. The third-order valence-corrected chi connectivity index (χ3v) is 4.56. The van der Waals surface area contributed by atoms with Gasteiger partial charge >= 0.3 is 0 Å². The standard InChI is InChI=1S/C24H28NO2/c1-25(2,17-20-9-5-3-6-10-20)18-23(26)19-27-24-15-13-22(14-16-24)21-11-7-4-8-12-21/h3-16,23,26H,17-19H2,1-2H3/q+1/t23-/m1/s1. The molecule has 0 heterocycles. The van der Waals surface area contributed by atoms with Crippen molar-refractivity contribution in [3.8, 4) is 16.9 Å². The Morgan fingerprint density at radius 2 is 1.33 bits per heavy atom. The van der Waals surface area contributed by atoms with Gasteiger partial charge in [0, 0.05) is 5.56 Å². The number of hydrogen-bond acceptors (Lipinski definition) is 2. The Bertz CT molecular complexity index is 814. The van der Waals surface area contributed by atoms with Crippen molar-refractivity contribution >= 4 is 0 Å². The van der Waals surface area contributed by atoms with Gasteiger partial charge in [0.2, 0.25) is 0 Å². The maximum absolute atomic E-state index is 10.4. The normalized spacial score (nSPS) is 12.6. The van der Waals surface area contributed by atoms with Crippen LogP contribution >= 0.6 is 0 Å². The lowest BCUT2D eigenvalue weighted by molar-refractivity contribution is -0.906. The van der Waals surface area contributed by atoms with Gasteiger partial charge in [-0.15, -0.1) is 0 Å². The molecule has 0 aliphatic carbocycles. The van der Waals surface area contributed by atoms with Crippen molar-refractivity contribution in [2.45, 2.75) is 12.6 Å². The van der Waals surface area contributed by atoms with E-state index in [1.165, 1.54) is 11.1 Å². The fourth-order valence-corrected chi connectivity index (χ4v) is 3.33. The summed E-state index contributed by atoms with van der Waals surface area (Å²) in [5, 5.41) is 10.4. The lowest BCUT2D eigenvalue weighted by atomic mass is 10.1. The number of aliphatic hydroxyl groups excluding tert-OH is 1. The number of nitrogens with zero attached hydrogens (tertiary/aromatic N) is 1. The summed E-state index contributed by atoms with van der Waals surface area (Å²) in [5.41, 5.74) is 3.61. The van der Waals surface area contributed by atoms with Gasteiger partial charge in [-0.2, -0.15) is 0 Å². The van der Waals surface area contributed by atoms with Crippen LogP contribution < -0.4 is 4.74 Å². The van der Waals surface area contributed by atoms with Crippen LogP contribution in [0.5, 0.6) is 5.75 Å². The molecular weight excluding hydrogens is 334 g/mol. The van der Waals surface area contributed by atoms with E-state index >= 15 is 0 Å². The van der Waals surface area contributed by atoms with E-state index in [1.807, 2.05) is 60.7 Å². The van der Waals surface area contributed by atoms with Crippen LogP contribution in [0.3, 0.4) is 0 Å². The molecule has 0 aromatic heterocycles. The molecule has 0 unspecified atom stereocenters. The Hall–Kier alpha value is -2.62. The van der Waals surface area contributed by atoms with Crippen LogP contribution in [-0.2, 0) is 6.54 Å². The molecule has 0 radical (unpaired) electrons. The first-order valence-corrected chi connectivity index (χ1v) is 9.34. The molecule has 0 bridgehead atoms. The van der Waals surface area contributed by atoms with Crippen LogP contribution in [-0.4, -0.2) is 42.9 Å². The summed E-state index contributed by atoms with van der Waals surface area (Å²) in [6.07, 6.45) is -0.516. The van der Waals surface area contributed by atoms with Crippen molar-refractivity contribution < 1.29 is 14.3 Å². The third kappa shape index (κ3) is 5.95. The quantitative estimate of drug-likeness (QED) is 0.603. The zero-order valence-electron chi connectivity index (χ0n) is 16.1. The molecule has 0 saturated heterocycles. The molecule has 0 fully saturated rings. The smallest absolute Gasteiger partial charge is 0.137 e. The molecule has 1 N–H and O–H groups in total. The molecule has 3 heteroatoms. The third-order valence-electron chi connectivity index (χ3n) is 4.56.